The Balaban J connectivity index is 1.59. The smallest absolute Gasteiger partial charge is 0.226 e. The first kappa shape index (κ1) is 23.6. The molecule has 0 fully saturated rings. The van der Waals surface area contributed by atoms with Crippen LogP contribution in [0.25, 0.3) is 11.3 Å². The zero-order chi connectivity index (χ0) is 23.1. The highest BCUT2D eigenvalue weighted by atomic mass is 32.2. The number of nitrogens with zero attached hydrogens (tertiary/aromatic N) is 3. The second-order valence-electron chi connectivity index (χ2n) is 7.11. The number of carbonyl (C=O) groups is 1. The second-order valence-corrected chi connectivity index (χ2v) is 9.05. The van der Waals surface area contributed by atoms with Crippen LogP contribution in [0.2, 0.25) is 0 Å². The lowest BCUT2D eigenvalue weighted by molar-refractivity contribution is -0.115. The van der Waals surface area contributed by atoms with Crippen molar-refractivity contribution in [3.63, 3.8) is 0 Å². The minimum Gasteiger partial charge on any atom is -0.493 e. The van der Waals surface area contributed by atoms with E-state index in [-0.39, 0.29) is 18.2 Å². The Morgan fingerprint density at radius 1 is 1.19 bits per heavy atom. The molecule has 0 unspecified atom stereocenters. The van der Waals surface area contributed by atoms with Gasteiger partial charge in [0, 0.05) is 28.8 Å². The maximum Gasteiger partial charge on any atom is 0.226 e. The first-order valence-electron chi connectivity index (χ1n) is 9.96. The van der Waals surface area contributed by atoms with E-state index in [2.05, 4.69) is 35.2 Å². The van der Waals surface area contributed by atoms with Crippen LogP contribution in [0.3, 0.4) is 0 Å². The van der Waals surface area contributed by atoms with Gasteiger partial charge >= 0.3 is 0 Å². The summed E-state index contributed by atoms with van der Waals surface area (Å²) >= 11 is 2.77. The number of methoxy groups -OCH3 is 2. The van der Waals surface area contributed by atoms with E-state index < -0.39 is 0 Å². The summed E-state index contributed by atoms with van der Waals surface area (Å²) < 4.78 is 10.6. The molecule has 0 aliphatic rings. The van der Waals surface area contributed by atoms with Crippen molar-refractivity contribution in [1.29, 1.82) is 5.26 Å². The number of hydrogen-bond donors (Lipinski definition) is 1. The van der Waals surface area contributed by atoms with Crippen LogP contribution in [0, 0.1) is 11.3 Å². The number of rotatable bonds is 9. The topological polar surface area (TPSA) is 97.1 Å². The molecule has 1 N–H and O–H groups in total. The Bertz CT molecular complexity index is 1140. The van der Waals surface area contributed by atoms with E-state index >= 15 is 0 Å². The van der Waals surface area contributed by atoms with Gasteiger partial charge in [0.05, 0.1) is 25.5 Å². The highest BCUT2D eigenvalue weighted by molar-refractivity contribution is 7.99. The number of thiazole rings is 1. The number of aromatic nitrogens is 2. The molecular formula is C23H24N4O3S2. The van der Waals surface area contributed by atoms with Crippen molar-refractivity contribution in [1.82, 2.24) is 9.97 Å². The van der Waals surface area contributed by atoms with Crippen molar-refractivity contribution in [3.05, 3.63) is 47.0 Å². The first-order chi connectivity index (χ1) is 15.4. The summed E-state index contributed by atoms with van der Waals surface area (Å²) in [5, 5.41) is 15.2. The van der Waals surface area contributed by atoms with E-state index in [1.54, 1.807) is 20.3 Å². The van der Waals surface area contributed by atoms with Gasteiger partial charge in [-0.15, -0.1) is 23.1 Å². The van der Waals surface area contributed by atoms with Crippen LogP contribution in [-0.2, 0) is 4.79 Å². The molecule has 0 aliphatic heterocycles. The molecule has 1 aromatic carbocycles. The van der Waals surface area contributed by atoms with Gasteiger partial charge in [0.2, 0.25) is 5.91 Å². The molecule has 3 aromatic rings. The van der Waals surface area contributed by atoms with Crippen LogP contribution in [-0.4, -0.2) is 35.8 Å². The molecule has 1 amide bonds. The lowest BCUT2D eigenvalue weighted by atomic mass is 10.1. The molecule has 2 aromatic heterocycles. The summed E-state index contributed by atoms with van der Waals surface area (Å²) in [6.07, 6.45) is 0.286. The highest BCUT2D eigenvalue weighted by Gasteiger charge is 2.13. The quantitative estimate of drug-likeness (QED) is 0.423. The summed E-state index contributed by atoms with van der Waals surface area (Å²) in [7, 11) is 3.17. The number of thioether (sulfide) groups is 1. The molecule has 32 heavy (non-hydrogen) atoms. The zero-order valence-electron chi connectivity index (χ0n) is 18.3. The van der Waals surface area contributed by atoms with Crippen molar-refractivity contribution < 1.29 is 14.3 Å². The Morgan fingerprint density at radius 3 is 2.66 bits per heavy atom. The van der Waals surface area contributed by atoms with E-state index in [4.69, 9.17) is 9.47 Å². The van der Waals surface area contributed by atoms with E-state index in [0.717, 1.165) is 17.0 Å². The number of anilines is 1. The molecule has 0 aliphatic carbocycles. The average molecular weight is 469 g/mol. The number of carbonyl (C=O) groups excluding carboxylic acids is 1. The summed E-state index contributed by atoms with van der Waals surface area (Å²) in [5.41, 5.74) is 3.07. The molecule has 0 bridgehead atoms. The van der Waals surface area contributed by atoms with Gasteiger partial charge in [-0.05, 0) is 36.2 Å². The summed E-state index contributed by atoms with van der Waals surface area (Å²) in [6.45, 7) is 4.11. The average Bonchev–Trinajstić information content (AvgIpc) is 3.26. The van der Waals surface area contributed by atoms with E-state index in [1.807, 2.05) is 29.6 Å². The van der Waals surface area contributed by atoms with E-state index in [0.29, 0.717) is 33.0 Å². The van der Waals surface area contributed by atoms with E-state index in [1.165, 1.54) is 23.1 Å². The molecule has 2 heterocycles. The largest absolute Gasteiger partial charge is 0.493 e. The predicted molar refractivity (Wildman–Crippen MR) is 128 cm³/mol. The van der Waals surface area contributed by atoms with Crippen molar-refractivity contribution >= 4 is 34.1 Å². The Labute approximate surface area is 195 Å². The maximum absolute atomic E-state index is 12.4. The Morgan fingerprint density at radius 2 is 1.97 bits per heavy atom. The van der Waals surface area contributed by atoms with Gasteiger partial charge in [0.15, 0.2) is 16.6 Å². The highest BCUT2D eigenvalue weighted by Crippen LogP contribution is 2.33. The Kier molecular flexibility index (Phi) is 8.09. The molecule has 0 radical (unpaired) electrons. The van der Waals surface area contributed by atoms with Gasteiger partial charge in [-0.3, -0.25) is 4.79 Å². The van der Waals surface area contributed by atoms with Gasteiger partial charge in [-0.2, -0.15) is 5.26 Å². The fraction of sp³-hybridized carbons (Fsp3) is 0.304. The third-order valence-corrected chi connectivity index (χ3v) is 6.34. The minimum absolute atomic E-state index is 0.135. The minimum atomic E-state index is -0.135. The molecule has 0 spiro atoms. The predicted octanol–water partition coefficient (Wildman–Crippen LogP) is 5.34. The number of nitrogens with one attached hydrogen (secondary N) is 1. The normalized spacial score (nSPS) is 10.6. The summed E-state index contributed by atoms with van der Waals surface area (Å²) in [5.74, 6) is 1.92. The number of pyridine rings is 1. The van der Waals surface area contributed by atoms with Crippen molar-refractivity contribution in [2.75, 3.05) is 25.3 Å². The van der Waals surface area contributed by atoms with Gasteiger partial charge in [0.25, 0.3) is 0 Å². The van der Waals surface area contributed by atoms with Crippen LogP contribution in [0.1, 0.15) is 37.4 Å². The lowest BCUT2D eigenvalue weighted by Gasteiger charge is -2.08. The molecular weight excluding hydrogens is 444 g/mol. The van der Waals surface area contributed by atoms with Gasteiger partial charge in [-0.25, -0.2) is 9.97 Å². The van der Waals surface area contributed by atoms with Crippen LogP contribution in [0.15, 0.2) is 40.7 Å². The SMILES string of the molecule is COc1ccc(-c2csc(NC(=O)CCSc3nc(C(C)C)ccc3C#N)n2)cc1OC. The van der Waals surface area contributed by atoms with Gasteiger partial charge < -0.3 is 14.8 Å². The lowest BCUT2D eigenvalue weighted by Crippen LogP contribution is -2.12. The van der Waals surface area contributed by atoms with E-state index in [9.17, 15) is 10.1 Å². The number of benzene rings is 1. The monoisotopic (exact) mass is 468 g/mol. The number of hydrogen-bond acceptors (Lipinski definition) is 8. The number of nitriles is 1. The first-order valence-corrected chi connectivity index (χ1v) is 11.8. The second kappa shape index (κ2) is 11.0. The summed E-state index contributed by atoms with van der Waals surface area (Å²) in [6, 6.07) is 11.4. The van der Waals surface area contributed by atoms with Crippen LogP contribution in [0.4, 0.5) is 5.13 Å². The van der Waals surface area contributed by atoms with Crippen LogP contribution >= 0.6 is 23.1 Å². The number of amides is 1. The molecule has 0 saturated heterocycles. The molecule has 3 rings (SSSR count). The molecule has 166 valence electrons. The molecule has 0 saturated carbocycles. The van der Waals surface area contributed by atoms with Crippen molar-refractivity contribution in [2.24, 2.45) is 0 Å². The molecule has 7 nitrogen and oxygen atoms in total. The third-order valence-electron chi connectivity index (χ3n) is 4.59. The van der Waals surface area contributed by atoms with Crippen LogP contribution in [0.5, 0.6) is 11.5 Å². The number of ether oxygens (including phenoxy) is 2. The van der Waals surface area contributed by atoms with Gasteiger partial charge in [0.1, 0.15) is 11.1 Å². The third kappa shape index (κ3) is 5.78. The fourth-order valence-corrected chi connectivity index (χ4v) is 4.51. The van der Waals surface area contributed by atoms with Gasteiger partial charge in [-0.1, -0.05) is 13.8 Å². The molecule has 0 atom stereocenters. The Hall–Kier alpha value is -3.09. The van der Waals surface area contributed by atoms with Crippen molar-refractivity contribution in [3.8, 4) is 28.8 Å². The van der Waals surface area contributed by atoms with Crippen LogP contribution < -0.4 is 14.8 Å². The summed E-state index contributed by atoms with van der Waals surface area (Å²) in [4.78, 5) is 21.5. The fourth-order valence-electron chi connectivity index (χ4n) is 2.85. The van der Waals surface area contributed by atoms with Crippen molar-refractivity contribution in [2.45, 2.75) is 31.2 Å². The zero-order valence-corrected chi connectivity index (χ0v) is 20.0. The standard InChI is InChI=1S/C23H24N4O3S2/c1-14(2)17-7-5-16(12-24)22(25-17)31-10-9-21(28)27-23-26-18(13-32-23)15-6-8-19(29-3)20(11-15)30-4/h5-8,11,13-14H,9-10H2,1-4H3,(H,26,27,28). The molecule has 9 heteroatoms. The maximum atomic E-state index is 12.4.